The van der Waals surface area contributed by atoms with Crippen molar-refractivity contribution in [2.75, 3.05) is 12.5 Å². The molecular weight excluding hydrogens is 290 g/mol. The van der Waals surface area contributed by atoms with E-state index in [1.165, 1.54) is 4.88 Å². The molecule has 3 aromatic heterocycles. The molecule has 0 aliphatic rings. The van der Waals surface area contributed by atoms with Crippen LogP contribution in [0.15, 0.2) is 57.3 Å². The summed E-state index contributed by atoms with van der Waals surface area (Å²) in [6, 6.07) is 7.83. The molecule has 0 atom stereocenters. The molecular formula is C14H13N3OS2. The fourth-order valence-corrected chi connectivity index (χ4v) is 3.42. The molecule has 0 spiro atoms. The van der Waals surface area contributed by atoms with E-state index in [1.807, 2.05) is 22.9 Å². The van der Waals surface area contributed by atoms with E-state index in [9.17, 15) is 0 Å². The van der Waals surface area contributed by atoms with E-state index in [0.29, 0.717) is 11.5 Å². The number of nitrogens with zero attached hydrogens (tertiary/aromatic N) is 2. The van der Waals surface area contributed by atoms with Gasteiger partial charge in [0.15, 0.2) is 5.76 Å². The summed E-state index contributed by atoms with van der Waals surface area (Å²) < 4.78 is 7.28. The van der Waals surface area contributed by atoms with Gasteiger partial charge < -0.3 is 4.42 Å². The number of hydrogen-bond donors (Lipinski definition) is 1. The highest BCUT2D eigenvalue weighted by Crippen LogP contribution is 2.25. The van der Waals surface area contributed by atoms with Crippen molar-refractivity contribution < 1.29 is 4.42 Å². The number of furan rings is 1. The number of thiazole rings is 1. The minimum atomic E-state index is 0.695. The highest BCUT2D eigenvalue weighted by molar-refractivity contribution is 7.14. The van der Waals surface area contributed by atoms with Crippen molar-refractivity contribution in [2.24, 2.45) is 4.99 Å². The van der Waals surface area contributed by atoms with Gasteiger partial charge in [-0.25, -0.2) is 4.68 Å². The normalized spacial score (nSPS) is 11.8. The lowest BCUT2D eigenvalue weighted by Crippen LogP contribution is -2.24. The summed E-state index contributed by atoms with van der Waals surface area (Å²) >= 11 is 3.27. The van der Waals surface area contributed by atoms with Crippen molar-refractivity contribution >= 4 is 28.4 Å². The highest BCUT2D eigenvalue weighted by Gasteiger charge is 2.10. The first kappa shape index (κ1) is 13.0. The molecule has 0 aromatic carbocycles. The van der Waals surface area contributed by atoms with Crippen molar-refractivity contribution in [1.82, 2.24) is 4.68 Å². The molecule has 0 bridgehead atoms. The lowest BCUT2D eigenvalue weighted by Gasteiger charge is -2.11. The van der Waals surface area contributed by atoms with E-state index in [4.69, 9.17) is 4.42 Å². The molecule has 0 unspecified atom stereocenters. The molecule has 0 amide bonds. The number of nitrogens with one attached hydrogen (secondary N) is 1. The molecule has 0 radical (unpaired) electrons. The van der Waals surface area contributed by atoms with Crippen LogP contribution < -0.4 is 10.2 Å². The first-order chi connectivity index (χ1) is 9.79. The topological polar surface area (TPSA) is 42.5 Å². The lowest BCUT2D eigenvalue weighted by molar-refractivity contribution is 0.551. The maximum absolute atomic E-state index is 5.35. The number of aromatic nitrogens is 1. The van der Waals surface area contributed by atoms with Gasteiger partial charge in [-0.1, -0.05) is 12.6 Å². The van der Waals surface area contributed by atoms with Crippen LogP contribution in [0.1, 0.15) is 5.76 Å². The third-order valence-electron chi connectivity index (χ3n) is 2.74. The molecule has 20 heavy (non-hydrogen) atoms. The van der Waals surface area contributed by atoms with Crippen LogP contribution >= 0.6 is 22.7 Å². The fourth-order valence-electron chi connectivity index (χ4n) is 1.81. The summed E-state index contributed by atoms with van der Waals surface area (Å²) in [4.78, 5) is 6.34. The molecule has 102 valence electrons. The average Bonchev–Trinajstić information content (AvgIpc) is 3.20. The van der Waals surface area contributed by atoms with Gasteiger partial charge in [0.2, 0.25) is 4.80 Å². The quantitative estimate of drug-likeness (QED) is 0.800. The highest BCUT2D eigenvalue weighted by atomic mass is 32.1. The zero-order valence-corrected chi connectivity index (χ0v) is 12.5. The van der Waals surface area contributed by atoms with Gasteiger partial charge in [-0.3, -0.25) is 10.4 Å². The predicted octanol–water partition coefficient (Wildman–Crippen LogP) is 3.62. The van der Waals surface area contributed by atoms with Crippen molar-refractivity contribution in [1.29, 1.82) is 0 Å². The SMILES string of the molecule is C=C(Nn1c(-c2cccs2)csc1=NC)c1ccco1. The Kier molecular flexibility index (Phi) is 3.58. The van der Waals surface area contributed by atoms with Crippen LogP contribution in [0.3, 0.4) is 0 Å². The maximum atomic E-state index is 5.35. The van der Waals surface area contributed by atoms with Gasteiger partial charge in [0.25, 0.3) is 0 Å². The van der Waals surface area contributed by atoms with Crippen molar-refractivity contribution in [3.05, 3.63) is 58.4 Å². The van der Waals surface area contributed by atoms with Gasteiger partial charge in [-0.2, -0.15) is 0 Å². The van der Waals surface area contributed by atoms with Gasteiger partial charge in [0.05, 0.1) is 22.5 Å². The summed E-state index contributed by atoms with van der Waals surface area (Å²) in [5.74, 6) is 0.711. The summed E-state index contributed by atoms with van der Waals surface area (Å²) in [5, 5.41) is 4.14. The Hall–Kier alpha value is -2.05. The molecule has 4 nitrogen and oxygen atoms in total. The first-order valence-electron chi connectivity index (χ1n) is 5.96. The van der Waals surface area contributed by atoms with E-state index < -0.39 is 0 Å². The summed E-state index contributed by atoms with van der Waals surface area (Å²) in [6.07, 6.45) is 1.63. The molecule has 3 aromatic rings. The predicted molar refractivity (Wildman–Crippen MR) is 84.2 cm³/mol. The van der Waals surface area contributed by atoms with E-state index >= 15 is 0 Å². The van der Waals surface area contributed by atoms with Crippen molar-refractivity contribution in [3.8, 4) is 10.6 Å². The molecule has 0 fully saturated rings. The minimum absolute atomic E-state index is 0.695. The van der Waals surface area contributed by atoms with Gasteiger partial charge in [0.1, 0.15) is 0 Å². The fraction of sp³-hybridized carbons (Fsp3) is 0.0714. The monoisotopic (exact) mass is 303 g/mol. The number of rotatable bonds is 4. The molecule has 3 rings (SSSR count). The maximum Gasteiger partial charge on any atom is 0.204 e. The smallest absolute Gasteiger partial charge is 0.204 e. The third-order valence-corrected chi connectivity index (χ3v) is 4.55. The van der Waals surface area contributed by atoms with E-state index in [-0.39, 0.29) is 0 Å². The largest absolute Gasteiger partial charge is 0.463 e. The van der Waals surface area contributed by atoms with Gasteiger partial charge >= 0.3 is 0 Å². The molecule has 6 heteroatoms. The average molecular weight is 303 g/mol. The second-order valence-electron chi connectivity index (χ2n) is 4.01. The van der Waals surface area contributed by atoms with Gasteiger partial charge in [-0.05, 0) is 23.6 Å². The number of hydrogen-bond acceptors (Lipinski definition) is 5. The molecule has 0 aliphatic carbocycles. The standard InChI is InChI=1S/C14H13N3OS2/c1-10(12-5-3-7-18-12)16-17-11(9-20-14(17)15-2)13-6-4-8-19-13/h3-9,16H,1H2,2H3. The molecule has 0 saturated heterocycles. The molecule has 0 saturated carbocycles. The summed E-state index contributed by atoms with van der Waals surface area (Å²) in [6.45, 7) is 4.01. The zero-order valence-electron chi connectivity index (χ0n) is 10.9. The second kappa shape index (κ2) is 5.52. The van der Waals surface area contributed by atoms with Crippen LogP contribution in [-0.4, -0.2) is 11.7 Å². The van der Waals surface area contributed by atoms with E-state index in [1.54, 1.807) is 36.0 Å². The number of thiophene rings is 1. The summed E-state index contributed by atoms with van der Waals surface area (Å²) in [5.41, 5.74) is 5.02. The van der Waals surface area contributed by atoms with Gasteiger partial charge in [-0.15, -0.1) is 22.7 Å². The Morgan fingerprint density at radius 2 is 2.25 bits per heavy atom. The van der Waals surface area contributed by atoms with Crippen LogP contribution in [0.2, 0.25) is 0 Å². The Bertz CT molecular complexity index is 764. The molecule has 1 N–H and O–H groups in total. The van der Waals surface area contributed by atoms with Crippen molar-refractivity contribution in [2.45, 2.75) is 0 Å². The third kappa shape index (κ3) is 2.35. The Morgan fingerprint density at radius 3 is 2.90 bits per heavy atom. The van der Waals surface area contributed by atoms with E-state index in [2.05, 4.69) is 33.8 Å². The van der Waals surface area contributed by atoms with Crippen LogP contribution in [0.25, 0.3) is 16.3 Å². The zero-order chi connectivity index (χ0) is 13.9. The van der Waals surface area contributed by atoms with Gasteiger partial charge in [0, 0.05) is 12.4 Å². The Morgan fingerprint density at radius 1 is 1.35 bits per heavy atom. The Labute approximate surface area is 124 Å². The Balaban J connectivity index is 2.00. The van der Waals surface area contributed by atoms with Crippen molar-refractivity contribution in [3.63, 3.8) is 0 Å². The van der Waals surface area contributed by atoms with Crippen LogP contribution in [-0.2, 0) is 0 Å². The van der Waals surface area contributed by atoms with Crippen LogP contribution in [0, 0.1) is 0 Å². The molecule has 0 aliphatic heterocycles. The minimum Gasteiger partial charge on any atom is -0.463 e. The van der Waals surface area contributed by atoms with Crippen LogP contribution in [0.5, 0.6) is 0 Å². The second-order valence-corrected chi connectivity index (χ2v) is 5.79. The summed E-state index contributed by atoms with van der Waals surface area (Å²) in [7, 11) is 1.78. The van der Waals surface area contributed by atoms with Crippen LogP contribution in [0.4, 0.5) is 0 Å². The molecule has 3 heterocycles. The van der Waals surface area contributed by atoms with E-state index in [0.717, 1.165) is 10.5 Å². The first-order valence-corrected chi connectivity index (χ1v) is 7.72. The lowest BCUT2D eigenvalue weighted by atomic mass is 10.3.